The Bertz CT molecular complexity index is 910. The van der Waals surface area contributed by atoms with Gasteiger partial charge in [-0.05, 0) is 0 Å². The molecule has 21 heteroatoms. The molecule has 45 heavy (non-hydrogen) atoms. The van der Waals surface area contributed by atoms with E-state index >= 15 is 0 Å². The maximum Gasteiger partial charge on any atom is 0.187 e. The van der Waals surface area contributed by atoms with E-state index in [9.17, 15) is 71.5 Å². The first-order chi connectivity index (χ1) is 21.3. The van der Waals surface area contributed by atoms with Gasteiger partial charge in [0, 0.05) is 0 Å². The lowest BCUT2D eigenvalue weighted by molar-refractivity contribution is -0.387. The highest BCUT2D eigenvalue weighted by molar-refractivity contribution is 4.97. The molecule has 21 nitrogen and oxygen atoms in total. The minimum absolute atomic E-state index is 0.784. The van der Waals surface area contributed by atoms with Gasteiger partial charge in [-0.2, -0.15) is 0 Å². The van der Waals surface area contributed by atoms with Crippen molar-refractivity contribution in [1.29, 1.82) is 0 Å². The molecule has 0 spiro atoms. The Hall–Kier alpha value is -0.840. The highest BCUT2D eigenvalue weighted by atomic mass is 16.8. The monoisotopic (exact) mass is 666 g/mol. The maximum atomic E-state index is 10.9. The van der Waals surface area contributed by atoms with Crippen molar-refractivity contribution in [3.63, 3.8) is 0 Å². The molecule has 20 atom stereocenters. The van der Waals surface area contributed by atoms with E-state index in [1.165, 1.54) is 0 Å². The Balaban J connectivity index is 1.43. The van der Waals surface area contributed by atoms with Crippen LogP contribution >= 0.6 is 0 Å². The Kier molecular flexibility index (Phi) is 12.8. The summed E-state index contributed by atoms with van der Waals surface area (Å²) in [6, 6.07) is 0. The highest BCUT2D eigenvalue weighted by Gasteiger charge is 2.55. The summed E-state index contributed by atoms with van der Waals surface area (Å²) in [7, 11) is 0. The summed E-state index contributed by atoms with van der Waals surface area (Å²) in [5, 5.41) is 142. The lowest BCUT2D eigenvalue weighted by Gasteiger charge is -2.49. The molecule has 4 aliphatic rings. The summed E-state index contributed by atoms with van der Waals surface area (Å²) < 4.78 is 37.7. The third kappa shape index (κ3) is 7.44. The van der Waals surface area contributed by atoms with Crippen LogP contribution in [0.15, 0.2) is 0 Å². The molecule has 0 bridgehead atoms. The van der Waals surface area contributed by atoms with Crippen molar-refractivity contribution in [1.82, 2.24) is 0 Å². The van der Waals surface area contributed by atoms with Gasteiger partial charge >= 0.3 is 0 Å². The smallest absolute Gasteiger partial charge is 0.187 e. The van der Waals surface area contributed by atoms with E-state index in [0.717, 1.165) is 0 Å². The van der Waals surface area contributed by atoms with Crippen LogP contribution in [-0.4, -0.2) is 221 Å². The molecule has 4 saturated heterocycles. The molecule has 4 fully saturated rings. The normalized spacial score (nSPS) is 52.9. The summed E-state index contributed by atoms with van der Waals surface area (Å²) in [6.45, 7) is -3.39. The van der Waals surface area contributed by atoms with Crippen LogP contribution in [0.4, 0.5) is 0 Å². The fourth-order valence-electron chi connectivity index (χ4n) is 5.55. The zero-order chi connectivity index (χ0) is 33.3. The second-order valence-electron chi connectivity index (χ2n) is 11.1. The molecule has 0 aromatic rings. The molecule has 0 radical (unpaired) electrons. The molecule has 4 aliphatic heterocycles. The minimum Gasteiger partial charge on any atom is -0.394 e. The first-order valence-corrected chi connectivity index (χ1v) is 14.1. The number of aliphatic hydroxyl groups excluding tert-OH is 14. The summed E-state index contributed by atoms with van der Waals surface area (Å²) in [4.78, 5) is 0. The van der Waals surface area contributed by atoms with Crippen LogP contribution in [0.5, 0.6) is 0 Å². The van der Waals surface area contributed by atoms with Crippen molar-refractivity contribution in [2.75, 3.05) is 26.4 Å². The number of ether oxygens (including phenoxy) is 7. The Labute approximate surface area is 254 Å². The van der Waals surface area contributed by atoms with E-state index in [1.807, 2.05) is 0 Å². The zero-order valence-corrected chi connectivity index (χ0v) is 23.5. The largest absolute Gasteiger partial charge is 0.394 e. The predicted octanol–water partition coefficient (Wildman–Crippen LogP) is -9.75. The van der Waals surface area contributed by atoms with Gasteiger partial charge in [0.2, 0.25) is 0 Å². The van der Waals surface area contributed by atoms with Gasteiger partial charge in [0.1, 0.15) is 97.7 Å². The average Bonchev–Trinajstić information content (AvgIpc) is 3.03. The van der Waals surface area contributed by atoms with Crippen LogP contribution < -0.4 is 0 Å². The van der Waals surface area contributed by atoms with E-state index in [2.05, 4.69) is 0 Å². The molecular formula is C24H42O21. The molecule has 0 aromatic carbocycles. The van der Waals surface area contributed by atoms with Crippen LogP contribution in [-0.2, 0) is 33.2 Å². The summed E-state index contributed by atoms with van der Waals surface area (Å²) in [6.07, 6.45) is -35.3. The molecule has 264 valence electrons. The fourth-order valence-corrected chi connectivity index (χ4v) is 5.55. The van der Waals surface area contributed by atoms with E-state index in [0.29, 0.717) is 0 Å². The van der Waals surface area contributed by atoms with Gasteiger partial charge in [-0.25, -0.2) is 0 Å². The molecule has 4 rings (SSSR count). The molecule has 4 heterocycles. The Morgan fingerprint density at radius 3 is 1.02 bits per heavy atom. The first-order valence-electron chi connectivity index (χ1n) is 14.1. The van der Waals surface area contributed by atoms with Gasteiger partial charge in [-0.1, -0.05) is 0 Å². The van der Waals surface area contributed by atoms with E-state index in [-0.39, 0.29) is 0 Å². The summed E-state index contributed by atoms with van der Waals surface area (Å²) in [5.41, 5.74) is 0. The summed E-state index contributed by atoms with van der Waals surface area (Å²) >= 11 is 0. The SMILES string of the molecule is OCC1O[C@@H](O[C@@H]2C(CO)O[C@@H](O[C@@H]3C(CO)O[C@H](O[C@H]4C(CO)O[C@H](O)C(O)[C@H]4O)C(O)[C@H]3O)[C@@H](O)C2O)[C@@H](O)C(O)[C@@H]1O. The lowest BCUT2D eigenvalue weighted by Crippen LogP contribution is -2.67. The maximum absolute atomic E-state index is 10.9. The standard InChI is InChI=1S/C24H42O21/c25-1-5-9(29)10(30)15(35)22(40-5)44-19-7(3-27)42-24(17(37)12(19)32)45-20-8(4-28)41-23(16(36)13(20)33)43-18-6(2-26)39-21(38)14(34)11(18)31/h5-38H,1-4H2/t5?,6?,7?,8?,9-,10?,11-,12?,13-,14?,15+,16?,17+,18+,19-,20-,21+,22+,23-,24+/m1/s1. The van der Waals surface area contributed by atoms with Gasteiger partial charge in [0.05, 0.1) is 26.4 Å². The lowest BCUT2D eigenvalue weighted by atomic mass is 9.95. The van der Waals surface area contributed by atoms with Crippen LogP contribution in [0.25, 0.3) is 0 Å². The van der Waals surface area contributed by atoms with E-state index < -0.39 is 149 Å². The predicted molar refractivity (Wildman–Crippen MR) is 134 cm³/mol. The molecule has 8 unspecified atom stereocenters. The number of rotatable bonds is 10. The average molecular weight is 667 g/mol. The minimum atomic E-state index is -2.02. The third-order valence-corrected chi connectivity index (χ3v) is 8.20. The van der Waals surface area contributed by atoms with Gasteiger partial charge in [0.25, 0.3) is 0 Å². The van der Waals surface area contributed by atoms with Gasteiger partial charge in [-0.15, -0.1) is 0 Å². The van der Waals surface area contributed by atoms with Crippen LogP contribution in [0, 0.1) is 0 Å². The number of hydrogen-bond donors (Lipinski definition) is 14. The van der Waals surface area contributed by atoms with Crippen molar-refractivity contribution >= 4 is 0 Å². The Morgan fingerprint density at radius 2 is 0.644 bits per heavy atom. The topological polar surface area (TPSA) is 348 Å². The van der Waals surface area contributed by atoms with Crippen molar-refractivity contribution in [3.05, 3.63) is 0 Å². The van der Waals surface area contributed by atoms with E-state index in [1.54, 1.807) is 0 Å². The van der Waals surface area contributed by atoms with Crippen LogP contribution in [0.1, 0.15) is 0 Å². The van der Waals surface area contributed by atoms with E-state index in [4.69, 9.17) is 33.2 Å². The molecule has 0 aromatic heterocycles. The number of hydrogen-bond acceptors (Lipinski definition) is 21. The second-order valence-corrected chi connectivity index (χ2v) is 11.1. The first kappa shape index (κ1) is 37.0. The quantitative estimate of drug-likeness (QED) is 0.103. The Morgan fingerprint density at radius 1 is 0.333 bits per heavy atom. The molecular weight excluding hydrogens is 624 g/mol. The highest BCUT2D eigenvalue weighted by Crippen LogP contribution is 2.34. The zero-order valence-electron chi connectivity index (χ0n) is 23.5. The van der Waals surface area contributed by atoms with Gasteiger partial charge in [-0.3, -0.25) is 0 Å². The van der Waals surface area contributed by atoms with Gasteiger partial charge in [0.15, 0.2) is 25.2 Å². The van der Waals surface area contributed by atoms with Crippen molar-refractivity contribution in [2.45, 2.75) is 123 Å². The van der Waals surface area contributed by atoms with Crippen molar-refractivity contribution in [2.24, 2.45) is 0 Å². The van der Waals surface area contributed by atoms with Crippen LogP contribution in [0.3, 0.4) is 0 Å². The fraction of sp³-hybridized carbons (Fsp3) is 1.00. The summed E-state index contributed by atoms with van der Waals surface area (Å²) in [5.74, 6) is 0. The molecule has 0 amide bonds. The number of aliphatic hydroxyl groups is 14. The molecule has 0 aliphatic carbocycles. The van der Waals surface area contributed by atoms with Gasteiger partial charge < -0.3 is 105 Å². The third-order valence-electron chi connectivity index (χ3n) is 8.20. The molecule has 14 N–H and O–H groups in total. The van der Waals surface area contributed by atoms with Crippen molar-refractivity contribution < 1.29 is 105 Å². The van der Waals surface area contributed by atoms with Crippen LogP contribution in [0.2, 0.25) is 0 Å². The van der Waals surface area contributed by atoms with Crippen molar-refractivity contribution in [3.8, 4) is 0 Å². The second kappa shape index (κ2) is 15.6. The molecule has 0 saturated carbocycles.